The Labute approximate surface area is 162 Å². The molecule has 1 aliphatic rings. The van der Waals surface area contributed by atoms with E-state index in [4.69, 9.17) is 16.7 Å². The Morgan fingerprint density at radius 1 is 1.32 bits per heavy atom. The first-order valence-corrected chi connectivity index (χ1v) is 8.90. The zero-order chi connectivity index (χ0) is 19.8. The van der Waals surface area contributed by atoms with Crippen LogP contribution in [0.5, 0.6) is 0 Å². The van der Waals surface area contributed by atoms with Crippen LogP contribution in [0.25, 0.3) is 17.2 Å². The second kappa shape index (κ2) is 7.19. The van der Waals surface area contributed by atoms with Crippen LogP contribution in [0.2, 0.25) is 5.15 Å². The van der Waals surface area contributed by atoms with Crippen LogP contribution in [-0.2, 0) is 0 Å². The summed E-state index contributed by atoms with van der Waals surface area (Å²) in [5.74, 6) is -1.39. The maximum Gasteiger partial charge on any atom is 0.407 e. The average molecular weight is 409 g/mol. The number of piperidine rings is 1. The topological polar surface area (TPSA) is 95.7 Å². The summed E-state index contributed by atoms with van der Waals surface area (Å²) in [6.07, 6.45) is 2.93. The van der Waals surface area contributed by atoms with Gasteiger partial charge in [0.05, 0.1) is 6.20 Å². The van der Waals surface area contributed by atoms with Crippen LogP contribution in [0.3, 0.4) is 0 Å². The highest BCUT2D eigenvalue weighted by atomic mass is 35.5. The Morgan fingerprint density at radius 3 is 2.93 bits per heavy atom. The fraction of sp³-hybridized carbons (Fsp3) is 0.294. The van der Waals surface area contributed by atoms with Gasteiger partial charge in [-0.2, -0.15) is 4.39 Å². The summed E-state index contributed by atoms with van der Waals surface area (Å²) in [4.78, 5) is 24.7. The van der Waals surface area contributed by atoms with Crippen LogP contribution < -0.4 is 5.32 Å². The lowest BCUT2D eigenvalue weighted by molar-refractivity contribution is 0.132. The van der Waals surface area contributed by atoms with Crippen molar-refractivity contribution < 1.29 is 18.7 Å². The molecule has 0 radical (unpaired) electrons. The quantitative estimate of drug-likeness (QED) is 0.646. The number of anilines is 1. The van der Waals surface area contributed by atoms with E-state index in [-0.39, 0.29) is 24.2 Å². The van der Waals surface area contributed by atoms with Crippen LogP contribution in [0.4, 0.5) is 19.4 Å². The van der Waals surface area contributed by atoms with Crippen molar-refractivity contribution in [1.82, 2.24) is 24.3 Å². The van der Waals surface area contributed by atoms with Gasteiger partial charge in [-0.05, 0) is 25.0 Å². The van der Waals surface area contributed by atoms with Gasteiger partial charge in [0.1, 0.15) is 17.2 Å². The number of amides is 1. The number of nitrogens with zero attached hydrogens (tertiary/aromatic N) is 5. The molecule has 4 heterocycles. The van der Waals surface area contributed by atoms with Crippen molar-refractivity contribution in [1.29, 1.82) is 0 Å². The summed E-state index contributed by atoms with van der Waals surface area (Å²) in [7, 11) is 0. The van der Waals surface area contributed by atoms with Gasteiger partial charge in [-0.3, -0.25) is 4.40 Å². The molecule has 1 saturated heterocycles. The third-order valence-electron chi connectivity index (χ3n) is 4.54. The molecular formula is C17H15ClF2N6O2. The Morgan fingerprint density at radius 2 is 2.14 bits per heavy atom. The summed E-state index contributed by atoms with van der Waals surface area (Å²) >= 11 is 5.94. The number of pyridine rings is 1. The molecule has 0 unspecified atom stereocenters. The molecule has 1 fully saturated rings. The van der Waals surface area contributed by atoms with Gasteiger partial charge in [0.15, 0.2) is 16.8 Å². The number of hydrogen-bond acceptors (Lipinski definition) is 5. The fourth-order valence-corrected chi connectivity index (χ4v) is 3.38. The molecule has 8 nitrogen and oxygen atoms in total. The molecule has 0 spiro atoms. The summed E-state index contributed by atoms with van der Waals surface area (Å²) < 4.78 is 29.5. The molecule has 3 aromatic rings. The maximum absolute atomic E-state index is 14.5. The molecule has 1 atom stereocenters. The number of nitrogens with one attached hydrogen (secondary N) is 1. The second-order valence-electron chi connectivity index (χ2n) is 6.43. The van der Waals surface area contributed by atoms with E-state index in [2.05, 4.69) is 20.3 Å². The third kappa shape index (κ3) is 3.42. The third-order valence-corrected chi connectivity index (χ3v) is 4.79. The van der Waals surface area contributed by atoms with E-state index in [0.717, 1.165) is 0 Å². The zero-order valence-corrected chi connectivity index (χ0v) is 15.2. The van der Waals surface area contributed by atoms with Crippen LogP contribution >= 0.6 is 11.6 Å². The van der Waals surface area contributed by atoms with Crippen LogP contribution in [0.1, 0.15) is 12.8 Å². The molecule has 1 aliphatic heterocycles. The lowest BCUT2D eigenvalue weighted by atomic mass is 10.1. The summed E-state index contributed by atoms with van der Waals surface area (Å²) in [5.41, 5.74) is 0.814. The number of hydrogen-bond donors (Lipinski definition) is 2. The van der Waals surface area contributed by atoms with E-state index in [1.54, 1.807) is 0 Å². The SMILES string of the molecule is O=C(O)N1CCC[C@@H](Nc2nc(-c3cnc4ccc(F)cn34)nc(Cl)c2F)C1. The van der Waals surface area contributed by atoms with Gasteiger partial charge in [0.25, 0.3) is 0 Å². The number of halogens is 3. The molecule has 2 N–H and O–H groups in total. The Bertz CT molecular complexity index is 1060. The lowest BCUT2D eigenvalue weighted by Crippen LogP contribution is -2.44. The van der Waals surface area contributed by atoms with E-state index in [1.165, 1.54) is 33.8 Å². The average Bonchev–Trinajstić information content (AvgIpc) is 3.08. The van der Waals surface area contributed by atoms with Crippen molar-refractivity contribution in [2.75, 3.05) is 18.4 Å². The maximum atomic E-state index is 14.5. The summed E-state index contributed by atoms with van der Waals surface area (Å²) in [5, 5.41) is 11.7. The van der Waals surface area contributed by atoms with E-state index in [0.29, 0.717) is 30.7 Å². The monoisotopic (exact) mass is 408 g/mol. The van der Waals surface area contributed by atoms with Crippen molar-refractivity contribution in [3.63, 3.8) is 0 Å². The van der Waals surface area contributed by atoms with Crippen molar-refractivity contribution >= 4 is 29.2 Å². The van der Waals surface area contributed by atoms with Crippen molar-refractivity contribution in [3.05, 3.63) is 41.3 Å². The first-order chi connectivity index (χ1) is 13.4. The van der Waals surface area contributed by atoms with E-state index in [9.17, 15) is 13.6 Å². The van der Waals surface area contributed by atoms with Crippen LogP contribution in [0, 0.1) is 11.6 Å². The molecule has 0 aliphatic carbocycles. The van der Waals surface area contributed by atoms with Gasteiger partial charge >= 0.3 is 6.09 Å². The van der Waals surface area contributed by atoms with E-state index in [1.807, 2.05) is 0 Å². The van der Waals surface area contributed by atoms with E-state index < -0.39 is 22.9 Å². The Kier molecular flexibility index (Phi) is 4.71. The highest BCUT2D eigenvalue weighted by Gasteiger charge is 2.25. The molecule has 146 valence electrons. The number of carbonyl (C=O) groups is 1. The summed E-state index contributed by atoms with van der Waals surface area (Å²) in [6.45, 7) is 0.631. The molecule has 1 amide bonds. The van der Waals surface area contributed by atoms with Gasteiger partial charge in [0, 0.05) is 25.3 Å². The number of fused-ring (bicyclic) bond motifs is 1. The normalized spacial score (nSPS) is 17.1. The molecule has 3 aromatic heterocycles. The van der Waals surface area contributed by atoms with E-state index >= 15 is 0 Å². The zero-order valence-electron chi connectivity index (χ0n) is 14.4. The minimum absolute atomic E-state index is 0.0675. The van der Waals surface area contributed by atoms with Gasteiger partial charge in [-0.1, -0.05) is 11.6 Å². The standard InChI is InChI=1S/C17H15ClF2N6O2/c18-14-13(20)16(22-10-2-1-5-25(8-10)17(27)28)24-15(23-14)11-6-21-12-4-3-9(19)7-26(11)12/h3-4,6-7,10H,1-2,5,8H2,(H,27,28)(H,22,23,24)/t10-/m1/s1. The first-order valence-electron chi connectivity index (χ1n) is 8.53. The van der Waals surface area contributed by atoms with Crippen molar-refractivity contribution in [2.24, 2.45) is 0 Å². The molecule has 0 aromatic carbocycles. The largest absolute Gasteiger partial charge is 0.465 e. The number of likely N-dealkylation sites (tertiary alicyclic amines) is 1. The molecule has 11 heteroatoms. The van der Waals surface area contributed by atoms with Gasteiger partial charge < -0.3 is 15.3 Å². The Balaban J connectivity index is 1.68. The first kappa shape index (κ1) is 18.4. The number of carboxylic acid groups (broad SMARTS) is 1. The second-order valence-corrected chi connectivity index (χ2v) is 6.79. The fourth-order valence-electron chi connectivity index (χ4n) is 3.21. The lowest BCUT2D eigenvalue weighted by Gasteiger charge is -2.31. The number of rotatable bonds is 3. The van der Waals surface area contributed by atoms with Crippen molar-refractivity contribution in [3.8, 4) is 11.5 Å². The molecule has 0 saturated carbocycles. The highest BCUT2D eigenvalue weighted by Crippen LogP contribution is 2.26. The number of imidazole rings is 1. The number of aromatic nitrogens is 4. The molecular weight excluding hydrogens is 394 g/mol. The molecule has 28 heavy (non-hydrogen) atoms. The Hall–Kier alpha value is -3.01. The van der Waals surface area contributed by atoms with Crippen LogP contribution in [-0.4, -0.2) is 54.6 Å². The van der Waals surface area contributed by atoms with Crippen molar-refractivity contribution in [2.45, 2.75) is 18.9 Å². The smallest absolute Gasteiger partial charge is 0.407 e. The minimum atomic E-state index is -1.03. The minimum Gasteiger partial charge on any atom is -0.465 e. The highest BCUT2D eigenvalue weighted by molar-refractivity contribution is 6.29. The molecule has 4 rings (SSSR count). The van der Waals surface area contributed by atoms with Crippen LogP contribution in [0.15, 0.2) is 24.5 Å². The predicted octanol–water partition coefficient (Wildman–Crippen LogP) is 3.28. The predicted molar refractivity (Wildman–Crippen MR) is 97.4 cm³/mol. The van der Waals surface area contributed by atoms with Gasteiger partial charge in [-0.15, -0.1) is 0 Å². The molecule has 0 bridgehead atoms. The van der Waals surface area contributed by atoms with Gasteiger partial charge in [-0.25, -0.2) is 24.1 Å². The van der Waals surface area contributed by atoms with Gasteiger partial charge in [0.2, 0.25) is 5.82 Å². The summed E-state index contributed by atoms with van der Waals surface area (Å²) in [6, 6.07) is 2.44.